The Kier molecular flexibility index (Phi) is 4.36. The van der Waals surface area contributed by atoms with Crippen molar-refractivity contribution in [2.45, 2.75) is 0 Å². The van der Waals surface area contributed by atoms with Gasteiger partial charge in [-0.25, -0.2) is 4.98 Å². The molecule has 1 saturated heterocycles. The van der Waals surface area contributed by atoms with Crippen LogP contribution >= 0.6 is 0 Å². The molecule has 0 spiro atoms. The first-order valence-electron chi connectivity index (χ1n) is 9.50. The van der Waals surface area contributed by atoms with Crippen molar-refractivity contribution in [1.82, 2.24) is 24.6 Å². The van der Waals surface area contributed by atoms with Crippen LogP contribution in [-0.2, 0) is 0 Å². The maximum absolute atomic E-state index is 12.3. The van der Waals surface area contributed by atoms with Gasteiger partial charge in [-0.1, -0.05) is 6.07 Å². The van der Waals surface area contributed by atoms with Crippen LogP contribution in [0.5, 0.6) is 0 Å². The lowest BCUT2D eigenvalue weighted by molar-refractivity contribution is 0.638. The maximum atomic E-state index is 12.3. The SMILES string of the molecule is O=c1cc(N2CCN(c3ccc(-c4ccncc4)nn3)CC2)nc2ccccn12. The molecule has 0 aromatic carbocycles. The first-order chi connectivity index (χ1) is 14.3. The Morgan fingerprint density at radius 2 is 1.55 bits per heavy atom. The molecule has 8 heteroatoms. The van der Waals surface area contributed by atoms with Crippen LogP contribution < -0.4 is 15.4 Å². The molecule has 4 aromatic heterocycles. The second-order valence-corrected chi connectivity index (χ2v) is 6.87. The van der Waals surface area contributed by atoms with Gasteiger partial charge in [0.1, 0.15) is 11.5 Å². The van der Waals surface area contributed by atoms with E-state index in [0.717, 1.165) is 49.1 Å². The zero-order chi connectivity index (χ0) is 19.6. The molecule has 0 unspecified atom stereocenters. The van der Waals surface area contributed by atoms with Crippen LogP contribution in [0, 0.1) is 0 Å². The topological polar surface area (TPSA) is 79.5 Å². The minimum absolute atomic E-state index is 0.0643. The van der Waals surface area contributed by atoms with Crippen molar-refractivity contribution in [3.8, 4) is 11.3 Å². The maximum Gasteiger partial charge on any atom is 0.259 e. The van der Waals surface area contributed by atoms with Crippen LogP contribution in [0.25, 0.3) is 16.9 Å². The molecule has 0 atom stereocenters. The van der Waals surface area contributed by atoms with E-state index in [1.165, 1.54) is 0 Å². The number of pyridine rings is 2. The predicted octanol–water partition coefficient (Wildman–Crippen LogP) is 1.87. The molecule has 0 bridgehead atoms. The Hall–Kier alpha value is -3.81. The van der Waals surface area contributed by atoms with Crippen molar-refractivity contribution in [1.29, 1.82) is 0 Å². The van der Waals surface area contributed by atoms with E-state index in [1.54, 1.807) is 29.1 Å². The fourth-order valence-corrected chi connectivity index (χ4v) is 3.54. The number of rotatable bonds is 3. The van der Waals surface area contributed by atoms with Gasteiger partial charge in [0.2, 0.25) is 0 Å². The summed E-state index contributed by atoms with van der Waals surface area (Å²) in [7, 11) is 0. The molecule has 0 N–H and O–H groups in total. The number of hydrogen-bond acceptors (Lipinski definition) is 7. The van der Waals surface area contributed by atoms with Gasteiger partial charge in [0.25, 0.3) is 5.56 Å². The fraction of sp³-hybridized carbons (Fsp3) is 0.190. The van der Waals surface area contributed by atoms with Crippen LogP contribution in [0.15, 0.2) is 71.9 Å². The lowest BCUT2D eigenvalue weighted by Gasteiger charge is -2.35. The summed E-state index contributed by atoms with van der Waals surface area (Å²) in [6.45, 7) is 3.12. The van der Waals surface area contributed by atoms with Gasteiger partial charge < -0.3 is 9.80 Å². The highest BCUT2D eigenvalue weighted by atomic mass is 16.1. The largest absolute Gasteiger partial charge is 0.353 e. The highest BCUT2D eigenvalue weighted by molar-refractivity contribution is 5.59. The molecule has 1 fully saturated rings. The second-order valence-electron chi connectivity index (χ2n) is 6.87. The molecule has 5 heterocycles. The van der Waals surface area contributed by atoms with Gasteiger partial charge in [-0.05, 0) is 36.4 Å². The van der Waals surface area contributed by atoms with Crippen molar-refractivity contribution < 1.29 is 0 Å². The highest BCUT2D eigenvalue weighted by Gasteiger charge is 2.20. The summed E-state index contributed by atoms with van der Waals surface area (Å²) in [5, 5.41) is 8.76. The minimum Gasteiger partial charge on any atom is -0.353 e. The van der Waals surface area contributed by atoms with Gasteiger partial charge in [-0.15, -0.1) is 10.2 Å². The number of hydrogen-bond donors (Lipinski definition) is 0. The minimum atomic E-state index is -0.0643. The molecule has 0 aliphatic carbocycles. The highest BCUT2D eigenvalue weighted by Crippen LogP contribution is 2.20. The van der Waals surface area contributed by atoms with Crippen LogP contribution in [-0.4, -0.2) is 50.7 Å². The van der Waals surface area contributed by atoms with E-state index in [-0.39, 0.29) is 5.56 Å². The van der Waals surface area contributed by atoms with Gasteiger partial charge in [0, 0.05) is 56.4 Å². The summed E-state index contributed by atoms with van der Waals surface area (Å²) in [6, 6.07) is 15.0. The standard InChI is InChI=1S/C21H19N7O/c29-21-15-20(23-18-3-1-2-10-28(18)21)27-13-11-26(12-14-27)19-5-4-17(24-25-19)16-6-8-22-9-7-16/h1-10,15H,11-14H2. The van der Waals surface area contributed by atoms with Gasteiger partial charge in [-0.2, -0.15) is 0 Å². The molecule has 0 amide bonds. The van der Waals surface area contributed by atoms with Crippen molar-refractivity contribution in [2.75, 3.05) is 36.0 Å². The number of anilines is 2. The normalized spacial score (nSPS) is 14.3. The number of piperazine rings is 1. The summed E-state index contributed by atoms with van der Waals surface area (Å²) in [5.41, 5.74) is 2.42. The molecule has 8 nitrogen and oxygen atoms in total. The van der Waals surface area contributed by atoms with Crippen LogP contribution in [0.3, 0.4) is 0 Å². The number of fused-ring (bicyclic) bond motifs is 1. The summed E-state index contributed by atoms with van der Waals surface area (Å²) in [4.78, 5) is 25.4. The van der Waals surface area contributed by atoms with E-state index in [1.807, 2.05) is 42.5 Å². The quantitative estimate of drug-likeness (QED) is 0.533. The third kappa shape index (κ3) is 3.40. The van der Waals surface area contributed by atoms with Crippen molar-refractivity contribution in [3.05, 3.63) is 77.5 Å². The monoisotopic (exact) mass is 385 g/mol. The van der Waals surface area contributed by atoms with Gasteiger partial charge >= 0.3 is 0 Å². The van der Waals surface area contributed by atoms with Crippen LogP contribution in [0.2, 0.25) is 0 Å². The molecular formula is C21H19N7O. The van der Waals surface area contributed by atoms with E-state index in [2.05, 4.69) is 30.0 Å². The smallest absolute Gasteiger partial charge is 0.259 e. The molecule has 0 saturated carbocycles. The molecule has 5 rings (SSSR count). The third-order valence-corrected chi connectivity index (χ3v) is 5.11. The number of aromatic nitrogens is 5. The van der Waals surface area contributed by atoms with E-state index < -0.39 is 0 Å². The van der Waals surface area contributed by atoms with E-state index >= 15 is 0 Å². The average Bonchev–Trinajstić information content (AvgIpc) is 2.80. The lowest BCUT2D eigenvalue weighted by atomic mass is 10.2. The molecule has 0 radical (unpaired) electrons. The van der Waals surface area contributed by atoms with Crippen molar-refractivity contribution in [2.24, 2.45) is 0 Å². The average molecular weight is 385 g/mol. The molecule has 4 aromatic rings. The Morgan fingerprint density at radius 3 is 2.28 bits per heavy atom. The first-order valence-corrected chi connectivity index (χ1v) is 9.50. The Morgan fingerprint density at radius 1 is 0.793 bits per heavy atom. The molecule has 29 heavy (non-hydrogen) atoms. The fourth-order valence-electron chi connectivity index (χ4n) is 3.54. The Balaban J connectivity index is 1.30. The molecular weight excluding hydrogens is 366 g/mol. The first kappa shape index (κ1) is 17.3. The zero-order valence-corrected chi connectivity index (χ0v) is 15.7. The summed E-state index contributed by atoms with van der Waals surface area (Å²) in [6.07, 6.45) is 5.23. The predicted molar refractivity (Wildman–Crippen MR) is 111 cm³/mol. The Labute approximate surface area is 167 Å². The van der Waals surface area contributed by atoms with Gasteiger partial charge in [-0.3, -0.25) is 14.2 Å². The van der Waals surface area contributed by atoms with Gasteiger partial charge in [0.05, 0.1) is 5.69 Å². The second kappa shape index (κ2) is 7.31. The summed E-state index contributed by atoms with van der Waals surface area (Å²) >= 11 is 0. The lowest BCUT2D eigenvalue weighted by Crippen LogP contribution is -2.47. The van der Waals surface area contributed by atoms with Crippen molar-refractivity contribution >= 4 is 17.3 Å². The van der Waals surface area contributed by atoms with Crippen LogP contribution in [0.4, 0.5) is 11.6 Å². The van der Waals surface area contributed by atoms with E-state index in [4.69, 9.17) is 0 Å². The molecule has 1 aliphatic heterocycles. The Bertz CT molecular complexity index is 1180. The molecule has 144 valence electrons. The van der Waals surface area contributed by atoms with Crippen molar-refractivity contribution in [3.63, 3.8) is 0 Å². The zero-order valence-electron chi connectivity index (χ0n) is 15.7. The van der Waals surface area contributed by atoms with Crippen LogP contribution in [0.1, 0.15) is 0 Å². The van der Waals surface area contributed by atoms with E-state index in [0.29, 0.717) is 5.65 Å². The third-order valence-electron chi connectivity index (χ3n) is 5.11. The van der Waals surface area contributed by atoms with E-state index in [9.17, 15) is 4.79 Å². The number of nitrogens with zero attached hydrogens (tertiary/aromatic N) is 7. The van der Waals surface area contributed by atoms with Gasteiger partial charge in [0.15, 0.2) is 5.82 Å². The summed E-state index contributed by atoms with van der Waals surface area (Å²) < 4.78 is 1.56. The summed E-state index contributed by atoms with van der Waals surface area (Å²) in [5.74, 6) is 1.58. The molecule has 1 aliphatic rings.